The quantitative estimate of drug-likeness (QED) is 0.189. The van der Waals surface area contributed by atoms with Gasteiger partial charge in [-0.25, -0.2) is 0 Å². The van der Waals surface area contributed by atoms with Gasteiger partial charge in [-0.05, 0) is 48.0 Å². The zero-order valence-electron chi connectivity index (χ0n) is 19.4. The summed E-state index contributed by atoms with van der Waals surface area (Å²) in [6.45, 7) is 1.34. The Balaban J connectivity index is 1.67. The maximum Gasteiger partial charge on any atom is 0.308 e. The predicted molar refractivity (Wildman–Crippen MR) is 128 cm³/mol. The van der Waals surface area contributed by atoms with Crippen LogP contribution >= 0.6 is 0 Å². The van der Waals surface area contributed by atoms with E-state index in [0.717, 1.165) is 0 Å². The van der Waals surface area contributed by atoms with E-state index in [1.807, 2.05) is 0 Å². The van der Waals surface area contributed by atoms with E-state index in [4.69, 9.17) is 18.9 Å². The summed E-state index contributed by atoms with van der Waals surface area (Å²) in [4.78, 5) is 39.3. The van der Waals surface area contributed by atoms with Gasteiger partial charge in [-0.15, -0.1) is 0 Å². The molecule has 2 heterocycles. The number of amides is 1. The number of hydrogen-bond donors (Lipinski definition) is 1. The van der Waals surface area contributed by atoms with Gasteiger partial charge in [0, 0.05) is 24.2 Å². The number of aliphatic hydroxyl groups is 1. The summed E-state index contributed by atoms with van der Waals surface area (Å²) in [5, 5.41) is 11.3. The van der Waals surface area contributed by atoms with E-state index in [0.29, 0.717) is 39.8 Å². The summed E-state index contributed by atoms with van der Waals surface area (Å²) in [6, 6.07) is 16.9. The molecule has 1 amide bonds. The van der Waals surface area contributed by atoms with Gasteiger partial charge in [0.05, 0.1) is 18.7 Å². The highest BCUT2D eigenvalue weighted by molar-refractivity contribution is 6.51. The lowest BCUT2D eigenvalue weighted by atomic mass is 9.95. The highest BCUT2D eigenvalue weighted by atomic mass is 16.7. The summed E-state index contributed by atoms with van der Waals surface area (Å²) in [7, 11) is 1.50. The van der Waals surface area contributed by atoms with Crippen LogP contribution in [0.2, 0.25) is 0 Å². The number of rotatable bonds is 5. The number of anilines is 1. The van der Waals surface area contributed by atoms with Gasteiger partial charge in [0.15, 0.2) is 11.5 Å². The highest BCUT2D eigenvalue weighted by Crippen LogP contribution is 2.44. The number of aliphatic hydroxyl groups excluding tert-OH is 1. The SMILES string of the molecule is COc1cccc(N2C(=O)C(=O)/C(=C(\O)c3ccc4c(c3)OCO4)C2c2ccc(OC(C)=O)cc2)c1. The van der Waals surface area contributed by atoms with Gasteiger partial charge in [-0.2, -0.15) is 0 Å². The fourth-order valence-electron chi connectivity index (χ4n) is 4.26. The van der Waals surface area contributed by atoms with Crippen LogP contribution in [0.3, 0.4) is 0 Å². The molecule has 0 bridgehead atoms. The van der Waals surface area contributed by atoms with Crippen LogP contribution in [0.5, 0.6) is 23.0 Å². The van der Waals surface area contributed by atoms with E-state index < -0.39 is 23.7 Å². The Labute approximate surface area is 206 Å². The monoisotopic (exact) mass is 487 g/mol. The van der Waals surface area contributed by atoms with Crippen LogP contribution in [0.4, 0.5) is 5.69 Å². The molecule has 1 fully saturated rings. The molecule has 0 radical (unpaired) electrons. The Hall–Kier alpha value is -4.79. The molecule has 0 aliphatic carbocycles. The molecule has 1 N–H and O–H groups in total. The molecule has 9 heteroatoms. The minimum Gasteiger partial charge on any atom is -0.507 e. The van der Waals surface area contributed by atoms with Crippen LogP contribution in [0, 0.1) is 0 Å². The molecule has 36 heavy (non-hydrogen) atoms. The first-order valence-electron chi connectivity index (χ1n) is 11.0. The molecule has 1 unspecified atom stereocenters. The van der Waals surface area contributed by atoms with Crippen molar-refractivity contribution < 1.29 is 38.4 Å². The van der Waals surface area contributed by atoms with E-state index >= 15 is 0 Å². The summed E-state index contributed by atoms with van der Waals surface area (Å²) >= 11 is 0. The average molecular weight is 487 g/mol. The number of carbonyl (C=O) groups excluding carboxylic acids is 3. The molecule has 2 aliphatic heterocycles. The summed E-state index contributed by atoms with van der Waals surface area (Å²) < 4.78 is 21.1. The number of hydrogen-bond acceptors (Lipinski definition) is 8. The largest absolute Gasteiger partial charge is 0.507 e. The van der Waals surface area contributed by atoms with Crippen molar-refractivity contribution in [2.75, 3.05) is 18.8 Å². The lowest BCUT2D eigenvalue weighted by Gasteiger charge is -2.26. The van der Waals surface area contributed by atoms with E-state index in [2.05, 4.69) is 0 Å². The Morgan fingerprint density at radius 1 is 0.972 bits per heavy atom. The topological polar surface area (TPSA) is 112 Å². The predicted octanol–water partition coefficient (Wildman–Crippen LogP) is 3.98. The first kappa shape index (κ1) is 23.0. The van der Waals surface area contributed by atoms with E-state index in [1.165, 1.54) is 18.9 Å². The van der Waals surface area contributed by atoms with Crippen molar-refractivity contribution in [1.29, 1.82) is 0 Å². The van der Waals surface area contributed by atoms with Crippen LogP contribution in [0.15, 0.2) is 72.3 Å². The number of esters is 1. The Bertz CT molecular complexity index is 1410. The van der Waals surface area contributed by atoms with Crippen LogP contribution < -0.4 is 23.8 Å². The summed E-state index contributed by atoms with van der Waals surface area (Å²) in [5.74, 6) is -0.750. The van der Waals surface area contributed by atoms with Crippen LogP contribution in [-0.4, -0.2) is 36.7 Å². The maximum atomic E-state index is 13.3. The molecular weight excluding hydrogens is 466 g/mol. The van der Waals surface area contributed by atoms with Crippen molar-refractivity contribution in [2.45, 2.75) is 13.0 Å². The van der Waals surface area contributed by atoms with E-state index in [9.17, 15) is 19.5 Å². The summed E-state index contributed by atoms with van der Waals surface area (Å²) in [5.41, 5.74) is 1.14. The fraction of sp³-hybridized carbons (Fsp3) is 0.148. The molecule has 3 aromatic carbocycles. The molecule has 5 rings (SSSR count). The first-order chi connectivity index (χ1) is 17.4. The van der Waals surface area contributed by atoms with Gasteiger partial charge in [0.2, 0.25) is 6.79 Å². The zero-order valence-corrected chi connectivity index (χ0v) is 19.4. The van der Waals surface area contributed by atoms with Gasteiger partial charge in [-0.1, -0.05) is 18.2 Å². The number of carbonyl (C=O) groups is 3. The number of Topliss-reactive ketones (excluding diaryl/α,β-unsaturated/α-hetero) is 1. The molecule has 1 atom stereocenters. The molecule has 0 spiro atoms. The Morgan fingerprint density at radius 3 is 2.44 bits per heavy atom. The van der Waals surface area contributed by atoms with Gasteiger partial charge < -0.3 is 24.1 Å². The molecule has 0 saturated carbocycles. The number of ether oxygens (including phenoxy) is 4. The Kier molecular flexibility index (Phi) is 5.81. The molecule has 0 aromatic heterocycles. The van der Waals surface area contributed by atoms with Gasteiger partial charge in [-0.3, -0.25) is 19.3 Å². The highest BCUT2D eigenvalue weighted by Gasteiger charge is 2.47. The third-order valence-electron chi connectivity index (χ3n) is 5.88. The molecule has 3 aromatic rings. The molecular formula is C27H21NO8. The number of nitrogens with zero attached hydrogens (tertiary/aromatic N) is 1. The minimum atomic E-state index is -0.964. The molecule has 2 aliphatic rings. The van der Waals surface area contributed by atoms with Crippen molar-refractivity contribution in [3.05, 3.63) is 83.4 Å². The number of methoxy groups -OCH3 is 1. The molecule has 1 saturated heterocycles. The lowest BCUT2D eigenvalue weighted by molar-refractivity contribution is -0.132. The first-order valence-corrected chi connectivity index (χ1v) is 11.0. The smallest absolute Gasteiger partial charge is 0.308 e. The van der Waals surface area contributed by atoms with Crippen LogP contribution in [-0.2, 0) is 14.4 Å². The van der Waals surface area contributed by atoms with Crippen molar-refractivity contribution in [3.8, 4) is 23.0 Å². The number of ketones is 1. The fourth-order valence-corrected chi connectivity index (χ4v) is 4.26. The van der Waals surface area contributed by atoms with Gasteiger partial charge in [0.25, 0.3) is 11.7 Å². The van der Waals surface area contributed by atoms with Crippen LogP contribution in [0.1, 0.15) is 24.1 Å². The Morgan fingerprint density at radius 2 is 1.72 bits per heavy atom. The van der Waals surface area contributed by atoms with Crippen molar-refractivity contribution >= 4 is 29.1 Å². The molecule has 9 nitrogen and oxygen atoms in total. The van der Waals surface area contributed by atoms with Gasteiger partial charge in [0.1, 0.15) is 17.3 Å². The van der Waals surface area contributed by atoms with Crippen LogP contribution in [0.25, 0.3) is 5.76 Å². The second-order valence-electron chi connectivity index (χ2n) is 8.10. The minimum absolute atomic E-state index is 0.0501. The average Bonchev–Trinajstić information content (AvgIpc) is 3.45. The van der Waals surface area contributed by atoms with Gasteiger partial charge >= 0.3 is 5.97 Å². The number of fused-ring (bicyclic) bond motifs is 1. The maximum absolute atomic E-state index is 13.3. The lowest BCUT2D eigenvalue weighted by Crippen LogP contribution is -2.29. The van der Waals surface area contributed by atoms with Crippen molar-refractivity contribution in [2.24, 2.45) is 0 Å². The normalized spacial score (nSPS) is 17.8. The second kappa shape index (κ2) is 9.10. The summed E-state index contributed by atoms with van der Waals surface area (Å²) in [6.07, 6.45) is 0. The number of benzene rings is 3. The molecule has 182 valence electrons. The van der Waals surface area contributed by atoms with Crippen molar-refractivity contribution in [1.82, 2.24) is 0 Å². The third kappa shape index (κ3) is 4.00. The van der Waals surface area contributed by atoms with E-state index in [-0.39, 0.29) is 18.1 Å². The van der Waals surface area contributed by atoms with E-state index in [1.54, 1.807) is 66.7 Å². The standard InChI is InChI=1S/C27H21NO8/c1-15(29)36-19-9-6-16(7-10-19)24-23(25(30)17-8-11-21-22(12-17)35-14-34-21)26(31)27(32)28(24)18-4-3-5-20(13-18)33-2/h3-13,24,30H,14H2,1-2H3/b25-23-. The zero-order chi connectivity index (χ0) is 25.4. The van der Waals surface area contributed by atoms with Crippen molar-refractivity contribution in [3.63, 3.8) is 0 Å². The third-order valence-corrected chi connectivity index (χ3v) is 5.88. The second-order valence-corrected chi connectivity index (χ2v) is 8.10.